The van der Waals surface area contributed by atoms with Gasteiger partial charge in [0.05, 0.1) is 38.4 Å². The van der Waals surface area contributed by atoms with Crippen LogP contribution in [0.25, 0.3) is 0 Å². The smallest absolute Gasteiger partial charge is 0.256 e. The maximum Gasteiger partial charge on any atom is 0.256 e. The summed E-state index contributed by atoms with van der Waals surface area (Å²) in [6.45, 7) is 4.69. The van der Waals surface area contributed by atoms with Gasteiger partial charge in [-0.2, -0.15) is 0 Å². The lowest BCUT2D eigenvalue weighted by Crippen LogP contribution is -2.28. The first-order valence-corrected chi connectivity index (χ1v) is 12.4. The van der Waals surface area contributed by atoms with Crippen LogP contribution >= 0.6 is 0 Å². The van der Waals surface area contributed by atoms with Crippen LogP contribution in [0, 0.1) is 17.6 Å². The third-order valence-corrected chi connectivity index (χ3v) is 7.20. The number of hydrogen-bond donors (Lipinski definition) is 2. The Kier molecular flexibility index (Phi) is 6.73. The quantitative estimate of drug-likeness (QED) is 0.541. The van der Waals surface area contributed by atoms with Crippen molar-refractivity contribution in [1.82, 2.24) is 10.2 Å². The van der Waals surface area contributed by atoms with Crippen molar-refractivity contribution in [1.29, 1.82) is 0 Å². The highest BCUT2D eigenvalue weighted by molar-refractivity contribution is 6.03. The second-order valence-corrected chi connectivity index (χ2v) is 9.89. The Hall–Kier alpha value is -3.71. The van der Waals surface area contributed by atoms with E-state index in [1.807, 2.05) is 6.07 Å². The van der Waals surface area contributed by atoms with E-state index in [1.165, 1.54) is 23.8 Å². The molecule has 3 aliphatic rings. The second kappa shape index (κ2) is 9.98. The Balaban J connectivity index is 1.51. The third-order valence-electron chi connectivity index (χ3n) is 7.20. The standard InChI is InChI=1S/C30H30F2N2O3/c1-17(2)19-9-10-20(12-19)22-13-25(29-23(31)5-4-6-24(29)32)33-26-15-34(30(36)28(22)26)14-21-8-7-18(16-35)11-27(21)37-3/h4-9,11-13,17,25,33,35H,10,14-16H2,1-3H3. The predicted octanol–water partition coefficient (Wildman–Crippen LogP) is 5.25. The number of allylic oxidation sites excluding steroid dienone is 4. The van der Waals surface area contributed by atoms with Crippen molar-refractivity contribution in [2.45, 2.75) is 39.5 Å². The molecule has 2 heterocycles. The first-order valence-electron chi connectivity index (χ1n) is 12.4. The van der Waals surface area contributed by atoms with Gasteiger partial charge in [0.2, 0.25) is 0 Å². The molecule has 0 fully saturated rings. The summed E-state index contributed by atoms with van der Waals surface area (Å²) in [5.74, 6) is -0.489. The maximum atomic E-state index is 14.8. The van der Waals surface area contributed by atoms with E-state index in [0.29, 0.717) is 41.5 Å². The molecule has 0 saturated heterocycles. The number of carbonyl (C=O) groups excluding carboxylic acids is 1. The lowest BCUT2D eigenvalue weighted by atomic mass is 9.88. The minimum absolute atomic E-state index is 0.0608. The molecule has 1 aliphatic carbocycles. The molecule has 0 radical (unpaired) electrons. The lowest BCUT2D eigenvalue weighted by Gasteiger charge is -2.26. The highest BCUT2D eigenvalue weighted by Gasteiger charge is 2.39. The lowest BCUT2D eigenvalue weighted by molar-refractivity contribution is -0.125. The van der Waals surface area contributed by atoms with Gasteiger partial charge in [-0.15, -0.1) is 0 Å². The van der Waals surface area contributed by atoms with E-state index < -0.39 is 17.7 Å². The highest BCUT2D eigenvalue weighted by Crippen LogP contribution is 2.41. The number of nitrogens with one attached hydrogen (secondary N) is 1. The van der Waals surface area contributed by atoms with Crippen LogP contribution in [0.3, 0.4) is 0 Å². The Morgan fingerprint density at radius 3 is 2.59 bits per heavy atom. The molecule has 192 valence electrons. The number of dihydropyridines is 1. The monoisotopic (exact) mass is 504 g/mol. The van der Waals surface area contributed by atoms with E-state index in [-0.39, 0.29) is 24.6 Å². The summed E-state index contributed by atoms with van der Waals surface area (Å²) < 4.78 is 35.1. The van der Waals surface area contributed by atoms with Crippen molar-refractivity contribution in [3.63, 3.8) is 0 Å². The van der Waals surface area contributed by atoms with E-state index in [4.69, 9.17) is 4.74 Å². The number of benzene rings is 2. The van der Waals surface area contributed by atoms with Gasteiger partial charge in [0, 0.05) is 16.8 Å². The van der Waals surface area contributed by atoms with Crippen molar-refractivity contribution in [2.24, 2.45) is 5.92 Å². The van der Waals surface area contributed by atoms with Crippen LogP contribution in [0.15, 0.2) is 82.6 Å². The molecule has 0 aromatic heterocycles. The van der Waals surface area contributed by atoms with E-state index in [0.717, 1.165) is 16.7 Å². The van der Waals surface area contributed by atoms with Crippen LogP contribution in [0.2, 0.25) is 0 Å². The fraction of sp³-hybridized carbons (Fsp3) is 0.300. The zero-order valence-electron chi connectivity index (χ0n) is 21.1. The molecule has 5 rings (SSSR count). The van der Waals surface area contributed by atoms with Gasteiger partial charge in [0.1, 0.15) is 17.4 Å². The van der Waals surface area contributed by atoms with E-state index in [1.54, 1.807) is 30.2 Å². The Bertz CT molecular complexity index is 1370. The van der Waals surface area contributed by atoms with Crippen molar-refractivity contribution in [3.05, 3.63) is 111 Å². The number of ether oxygens (including phenoxy) is 1. The minimum atomic E-state index is -0.745. The number of aliphatic hydroxyl groups excluding tert-OH is 1. The fourth-order valence-corrected chi connectivity index (χ4v) is 5.22. The zero-order chi connectivity index (χ0) is 26.3. The van der Waals surface area contributed by atoms with E-state index in [9.17, 15) is 18.7 Å². The normalized spacial score (nSPS) is 19.1. The van der Waals surface area contributed by atoms with Crippen molar-refractivity contribution in [3.8, 4) is 5.75 Å². The average molecular weight is 505 g/mol. The maximum absolute atomic E-state index is 14.8. The molecular weight excluding hydrogens is 474 g/mol. The van der Waals surface area contributed by atoms with Crippen molar-refractivity contribution < 1.29 is 23.4 Å². The van der Waals surface area contributed by atoms with Crippen molar-refractivity contribution >= 4 is 5.91 Å². The van der Waals surface area contributed by atoms with Gasteiger partial charge in [-0.1, -0.05) is 44.2 Å². The molecule has 2 aromatic carbocycles. The van der Waals surface area contributed by atoms with Crippen LogP contribution in [0.4, 0.5) is 8.78 Å². The van der Waals surface area contributed by atoms with E-state index in [2.05, 4.69) is 31.3 Å². The number of methoxy groups -OCH3 is 1. The number of hydrogen-bond acceptors (Lipinski definition) is 4. The SMILES string of the molecule is COc1cc(CO)ccc1CN1CC2=C(C1=O)C(C1=CC(C(C)C)=CC1)=CC(c1c(F)cccc1F)N2. The molecule has 7 heteroatoms. The zero-order valence-corrected chi connectivity index (χ0v) is 21.1. The van der Waals surface area contributed by atoms with Crippen molar-refractivity contribution in [2.75, 3.05) is 13.7 Å². The molecule has 1 amide bonds. The summed E-state index contributed by atoms with van der Waals surface area (Å²) in [6.07, 6.45) is 6.67. The van der Waals surface area contributed by atoms with E-state index >= 15 is 0 Å². The number of amides is 1. The summed E-state index contributed by atoms with van der Waals surface area (Å²) in [4.78, 5) is 15.4. The summed E-state index contributed by atoms with van der Waals surface area (Å²) in [5.41, 5.74) is 5.54. The van der Waals surface area contributed by atoms with Gasteiger partial charge >= 0.3 is 0 Å². The number of nitrogens with zero attached hydrogens (tertiary/aromatic N) is 1. The topological polar surface area (TPSA) is 61.8 Å². The molecule has 0 saturated carbocycles. The summed E-state index contributed by atoms with van der Waals surface area (Å²) in [5, 5.41) is 12.7. The summed E-state index contributed by atoms with van der Waals surface area (Å²) >= 11 is 0. The van der Waals surface area contributed by atoms with Gasteiger partial charge in [0.15, 0.2) is 0 Å². The Morgan fingerprint density at radius 1 is 1.19 bits per heavy atom. The van der Waals surface area contributed by atoms with Gasteiger partial charge in [0.25, 0.3) is 5.91 Å². The highest BCUT2D eigenvalue weighted by atomic mass is 19.1. The first-order chi connectivity index (χ1) is 17.8. The Labute approximate surface area is 215 Å². The molecule has 5 nitrogen and oxygen atoms in total. The fourth-order valence-electron chi connectivity index (χ4n) is 5.22. The van der Waals surface area contributed by atoms with Crippen LogP contribution in [-0.4, -0.2) is 29.6 Å². The minimum Gasteiger partial charge on any atom is -0.496 e. The van der Waals surface area contributed by atoms with Crippen LogP contribution in [0.1, 0.15) is 43.0 Å². The Morgan fingerprint density at radius 2 is 1.95 bits per heavy atom. The molecule has 37 heavy (non-hydrogen) atoms. The predicted molar refractivity (Wildman–Crippen MR) is 137 cm³/mol. The van der Waals surface area contributed by atoms with Gasteiger partial charge in [-0.25, -0.2) is 8.78 Å². The molecule has 2 aromatic rings. The molecule has 2 aliphatic heterocycles. The van der Waals surface area contributed by atoms with Crippen LogP contribution < -0.4 is 10.1 Å². The number of carbonyl (C=O) groups is 1. The second-order valence-electron chi connectivity index (χ2n) is 9.89. The largest absolute Gasteiger partial charge is 0.496 e. The molecule has 1 unspecified atom stereocenters. The van der Waals surface area contributed by atoms with Gasteiger partial charge < -0.3 is 20.1 Å². The third kappa shape index (κ3) is 4.60. The van der Waals surface area contributed by atoms with Gasteiger partial charge in [-0.05, 0) is 58.9 Å². The number of halogens is 2. The van der Waals surface area contributed by atoms with Crippen LogP contribution in [-0.2, 0) is 17.9 Å². The number of aliphatic hydroxyl groups is 1. The average Bonchev–Trinajstić information content (AvgIpc) is 3.49. The number of rotatable bonds is 7. The molecule has 1 atom stereocenters. The summed E-state index contributed by atoms with van der Waals surface area (Å²) in [7, 11) is 1.55. The molecule has 0 spiro atoms. The molecule has 0 bridgehead atoms. The summed E-state index contributed by atoms with van der Waals surface area (Å²) in [6, 6.07) is 8.50. The van der Waals surface area contributed by atoms with Crippen LogP contribution in [0.5, 0.6) is 5.75 Å². The molecular formula is C30H30F2N2O3. The molecule has 2 N–H and O–H groups in total. The first kappa shape index (κ1) is 25.0. The van der Waals surface area contributed by atoms with Gasteiger partial charge in [-0.3, -0.25) is 4.79 Å².